The second-order valence-corrected chi connectivity index (χ2v) is 5.18. The van der Waals surface area contributed by atoms with E-state index in [-0.39, 0.29) is 5.97 Å². The summed E-state index contributed by atoms with van der Waals surface area (Å²) in [5.74, 6) is -0.350. The van der Waals surface area contributed by atoms with Gasteiger partial charge in [-0.3, -0.25) is 0 Å². The molecule has 0 radical (unpaired) electrons. The molecular weight excluding hydrogens is 292 g/mol. The van der Waals surface area contributed by atoms with Gasteiger partial charge in [0.1, 0.15) is 6.61 Å². The molecular formula is C18H20N2O3. The molecule has 0 heterocycles. The predicted octanol–water partition coefficient (Wildman–Crippen LogP) is 3.09. The van der Waals surface area contributed by atoms with E-state index < -0.39 is 0 Å². The number of esters is 1. The van der Waals surface area contributed by atoms with E-state index in [0.29, 0.717) is 12.2 Å². The van der Waals surface area contributed by atoms with Gasteiger partial charge in [-0.15, -0.1) is 0 Å². The maximum absolute atomic E-state index is 11.3. The van der Waals surface area contributed by atoms with Crippen LogP contribution in [0, 0.1) is 0 Å². The van der Waals surface area contributed by atoms with Crippen molar-refractivity contribution in [2.24, 2.45) is 5.16 Å². The first kappa shape index (κ1) is 16.5. The summed E-state index contributed by atoms with van der Waals surface area (Å²) in [7, 11) is 5.36. The summed E-state index contributed by atoms with van der Waals surface area (Å²) in [6.07, 6.45) is 1.67. The number of hydrogen-bond acceptors (Lipinski definition) is 5. The van der Waals surface area contributed by atoms with Gasteiger partial charge in [0.15, 0.2) is 0 Å². The smallest absolute Gasteiger partial charge is 0.337 e. The first-order chi connectivity index (χ1) is 11.1. The van der Waals surface area contributed by atoms with Crippen LogP contribution >= 0.6 is 0 Å². The van der Waals surface area contributed by atoms with E-state index in [2.05, 4.69) is 9.89 Å². The predicted molar refractivity (Wildman–Crippen MR) is 90.9 cm³/mol. The van der Waals surface area contributed by atoms with Gasteiger partial charge in [0.2, 0.25) is 0 Å². The third-order valence-corrected chi connectivity index (χ3v) is 3.29. The molecule has 0 spiro atoms. The fourth-order valence-corrected chi connectivity index (χ4v) is 1.92. The van der Waals surface area contributed by atoms with Gasteiger partial charge in [-0.1, -0.05) is 29.4 Å². The Kier molecular flexibility index (Phi) is 5.74. The Bertz CT molecular complexity index is 662. The quantitative estimate of drug-likeness (QED) is 0.467. The average molecular weight is 312 g/mol. The fourth-order valence-electron chi connectivity index (χ4n) is 1.92. The summed E-state index contributed by atoms with van der Waals surface area (Å²) in [4.78, 5) is 18.6. The van der Waals surface area contributed by atoms with Crippen LogP contribution in [0.2, 0.25) is 0 Å². The molecule has 0 saturated carbocycles. The van der Waals surface area contributed by atoms with Gasteiger partial charge in [-0.05, 0) is 35.4 Å². The van der Waals surface area contributed by atoms with Crippen molar-refractivity contribution in [3.63, 3.8) is 0 Å². The maximum Gasteiger partial charge on any atom is 0.337 e. The van der Waals surface area contributed by atoms with Crippen LogP contribution in [0.15, 0.2) is 53.7 Å². The molecule has 0 N–H and O–H groups in total. The molecule has 0 atom stereocenters. The topological polar surface area (TPSA) is 51.1 Å². The van der Waals surface area contributed by atoms with Crippen molar-refractivity contribution in [1.29, 1.82) is 0 Å². The highest BCUT2D eigenvalue weighted by Crippen LogP contribution is 2.11. The van der Waals surface area contributed by atoms with E-state index >= 15 is 0 Å². The minimum atomic E-state index is -0.350. The van der Waals surface area contributed by atoms with Gasteiger partial charge >= 0.3 is 5.97 Å². The minimum Gasteiger partial charge on any atom is -0.465 e. The Hall–Kier alpha value is -2.82. The van der Waals surface area contributed by atoms with Gasteiger partial charge < -0.3 is 14.5 Å². The van der Waals surface area contributed by atoms with Crippen LogP contribution in [-0.2, 0) is 16.2 Å². The molecule has 0 aliphatic heterocycles. The van der Waals surface area contributed by atoms with Crippen molar-refractivity contribution in [3.05, 3.63) is 65.2 Å². The molecule has 120 valence electrons. The van der Waals surface area contributed by atoms with Crippen LogP contribution in [0.1, 0.15) is 21.5 Å². The zero-order valence-electron chi connectivity index (χ0n) is 13.5. The van der Waals surface area contributed by atoms with E-state index in [0.717, 1.165) is 16.8 Å². The normalized spacial score (nSPS) is 10.6. The highest BCUT2D eigenvalue weighted by Gasteiger charge is 2.04. The highest BCUT2D eigenvalue weighted by molar-refractivity contribution is 5.89. The Morgan fingerprint density at radius 2 is 1.74 bits per heavy atom. The first-order valence-electron chi connectivity index (χ1n) is 7.20. The number of rotatable bonds is 6. The second-order valence-electron chi connectivity index (χ2n) is 5.18. The largest absolute Gasteiger partial charge is 0.465 e. The average Bonchev–Trinajstić information content (AvgIpc) is 2.59. The van der Waals surface area contributed by atoms with Crippen molar-refractivity contribution in [2.75, 3.05) is 26.1 Å². The summed E-state index contributed by atoms with van der Waals surface area (Å²) >= 11 is 0. The SMILES string of the molecule is COC(=O)c1ccc(CON=Cc2ccc(N(C)C)cc2)cc1. The number of carbonyl (C=O) groups is 1. The molecule has 0 aliphatic carbocycles. The maximum atomic E-state index is 11.3. The van der Waals surface area contributed by atoms with Crippen molar-refractivity contribution in [3.8, 4) is 0 Å². The molecule has 0 aliphatic rings. The molecule has 5 nitrogen and oxygen atoms in total. The highest BCUT2D eigenvalue weighted by atomic mass is 16.6. The summed E-state index contributed by atoms with van der Waals surface area (Å²) in [6.45, 7) is 0.341. The molecule has 0 aromatic heterocycles. The zero-order chi connectivity index (χ0) is 16.7. The summed E-state index contributed by atoms with van der Waals surface area (Å²) in [6, 6.07) is 15.0. The Labute approximate surface area is 136 Å². The Balaban J connectivity index is 1.85. The van der Waals surface area contributed by atoms with Crippen LogP contribution in [0.3, 0.4) is 0 Å². The van der Waals surface area contributed by atoms with E-state index in [1.54, 1.807) is 18.3 Å². The number of benzene rings is 2. The molecule has 0 saturated heterocycles. The number of ether oxygens (including phenoxy) is 1. The van der Waals surface area contributed by atoms with Crippen molar-refractivity contribution in [1.82, 2.24) is 0 Å². The minimum absolute atomic E-state index is 0.341. The monoisotopic (exact) mass is 312 g/mol. The molecule has 2 aromatic carbocycles. The molecule has 0 bridgehead atoms. The van der Waals surface area contributed by atoms with E-state index in [1.807, 2.05) is 55.4 Å². The van der Waals surface area contributed by atoms with Gasteiger partial charge in [-0.2, -0.15) is 0 Å². The van der Waals surface area contributed by atoms with Crippen molar-refractivity contribution < 1.29 is 14.4 Å². The number of oxime groups is 1. The first-order valence-corrected chi connectivity index (χ1v) is 7.20. The summed E-state index contributed by atoms with van der Waals surface area (Å²) < 4.78 is 4.65. The van der Waals surface area contributed by atoms with Crippen molar-refractivity contribution in [2.45, 2.75) is 6.61 Å². The third-order valence-electron chi connectivity index (χ3n) is 3.29. The number of anilines is 1. The Morgan fingerprint density at radius 3 is 2.30 bits per heavy atom. The third kappa shape index (κ3) is 4.85. The molecule has 2 rings (SSSR count). The van der Waals surface area contributed by atoms with Crippen LogP contribution in [-0.4, -0.2) is 33.4 Å². The number of carbonyl (C=O) groups excluding carboxylic acids is 1. The van der Waals surface area contributed by atoms with Crippen LogP contribution in [0.5, 0.6) is 0 Å². The van der Waals surface area contributed by atoms with Crippen LogP contribution < -0.4 is 4.90 Å². The zero-order valence-corrected chi connectivity index (χ0v) is 13.5. The Morgan fingerprint density at radius 1 is 1.09 bits per heavy atom. The number of hydrogen-bond donors (Lipinski definition) is 0. The second kappa shape index (κ2) is 7.98. The summed E-state index contributed by atoms with van der Waals surface area (Å²) in [5, 5.41) is 3.95. The molecule has 23 heavy (non-hydrogen) atoms. The van der Waals surface area contributed by atoms with Gasteiger partial charge in [-0.25, -0.2) is 4.79 Å². The van der Waals surface area contributed by atoms with E-state index in [4.69, 9.17) is 4.84 Å². The molecule has 5 heteroatoms. The fraction of sp³-hybridized carbons (Fsp3) is 0.222. The van der Waals surface area contributed by atoms with E-state index in [9.17, 15) is 4.79 Å². The van der Waals surface area contributed by atoms with Crippen LogP contribution in [0.4, 0.5) is 5.69 Å². The standard InChI is InChI=1S/C18H20N2O3/c1-20(2)17-10-6-14(7-11-17)12-19-23-13-15-4-8-16(9-5-15)18(21)22-3/h4-12H,13H2,1-3H3. The molecule has 0 unspecified atom stereocenters. The van der Waals surface area contributed by atoms with Gasteiger partial charge in [0.05, 0.1) is 18.9 Å². The molecule has 2 aromatic rings. The van der Waals surface area contributed by atoms with Gasteiger partial charge in [0.25, 0.3) is 0 Å². The van der Waals surface area contributed by atoms with Crippen molar-refractivity contribution >= 4 is 17.9 Å². The summed E-state index contributed by atoms with van der Waals surface area (Å²) in [5.41, 5.74) is 3.55. The van der Waals surface area contributed by atoms with E-state index in [1.165, 1.54) is 7.11 Å². The molecule has 0 fully saturated rings. The van der Waals surface area contributed by atoms with Crippen LogP contribution in [0.25, 0.3) is 0 Å². The lowest BCUT2D eigenvalue weighted by molar-refractivity contribution is 0.0600. The number of methoxy groups -OCH3 is 1. The lowest BCUT2D eigenvalue weighted by Gasteiger charge is -2.11. The lowest BCUT2D eigenvalue weighted by Crippen LogP contribution is -2.08. The van der Waals surface area contributed by atoms with Gasteiger partial charge in [0, 0.05) is 19.8 Å². The molecule has 0 amide bonds. The number of nitrogens with zero attached hydrogens (tertiary/aromatic N) is 2. The lowest BCUT2D eigenvalue weighted by atomic mass is 10.1.